The Morgan fingerprint density at radius 3 is 2.57 bits per heavy atom. The summed E-state index contributed by atoms with van der Waals surface area (Å²) in [6.07, 6.45) is 0. The summed E-state index contributed by atoms with van der Waals surface area (Å²) < 4.78 is 5.57. The van der Waals surface area contributed by atoms with E-state index in [1.54, 1.807) is 12.1 Å². The Bertz CT molecular complexity index is 320. The van der Waals surface area contributed by atoms with E-state index in [0.717, 1.165) is 0 Å². The van der Waals surface area contributed by atoms with Crippen molar-refractivity contribution >= 4 is 11.6 Å². The molecule has 0 amide bonds. The number of pyridine rings is 1. The molecule has 14 heavy (non-hydrogen) atoms. The van der Waals surface area contributed by atoms with Crippen molar-refractivity contribution < 1.29 is 4.74 Å². The largest absolute Gasteiger partial charge is 0.472 e. The number of nitrogens with zero attached hydrogens (tertiary/aromatic N) is 1. The van der Waals surface area contributed by atoms with Crippen molar-refractivity contribution in [3.05, 3.63) is 22.8 Å². The molecule has 0 aliphatic carbocycles. The highest BCUT2D eigenvalue weighted by Gasteiger charge is 2.13. The second kappa shape index (κ2) is 4.15. The number of hydrogen-bond donors (Lipinski definition) is 1. The van der Waals surface area contributed by atoms with Gasteiger partial charge >= 0.3 is 0 Å². The summed E-state index contributed by atoms with van der Waals surface area (Å²) in [7, 11) is 0. The van der Waals surface area contributed by atoms with E-state index in [-0.39, 0.29) is 5.60 Å². The fraction of sp³-hybridized carbons (Fsp3) is 0.500. The number of hydrogen-bond acceptors (Lipinski definition) is 3. The molecule has 0 spiro atoms. The predicted octanol–water partition coefficient (Wildman–Crippen LogP) is 2.37. The molecule has 1 aromatic rings. The molecule has 78 valence electrons. The smallest absolute Gasteiger partial charge is 0.214 e. The molecule has 0 saturated heterocycles. The zero-order valence-electron chi connectivity index (χ0n) is 8.67. The van der Waals surface area contributed by atoms with Crippen molar-refractivity contribution in [2.24, 2.45) is 5.73 Å². The van der Waals surface area contributed by atoms with Crippen molar-refractivity contribution in [2.75, 3.05) is 0 Å². The van der Waals surface area contributed by atoms with Crippen LogP contribution in [0.3, 0.4) is 0 Å². The quantitative estimate of drug-likeness (QED) is 0.823. The SMILES string of the molecule is CC(C)(C)Oc1ccc(Cl)c(CN)n1. The van der Waals surface area contributed by atoms with Crippen LogP contribution in [0.4, 0.5) is 0 Å². The fourth-order valence-corrected chi connectivity index (χ4v) is 1.16. The Morgan fingerprint density at radius 2 is 2.07 bits per heavy atom. The van der Waals surface area contributed by atoms with Gasteiger partial charge < -0.3 is 10.5 Å². The molecule has 0 unspecified atom stereocenters. The van der Waals surface area contributed by atoms with Gasteiger partial charge in [0.25, 0.3) is 0 Å². The van der Waals surface area contributed by atoms with E-state index >= 15 is 0 Å². The molecule has 0 radical (unpaired) electrons. The summed E-state index contributed by atoms with van der Waals surface area (Å²) in [5, 5.41) is 0.578. The highest BCUT2D eigenvalue weighted by molar-refractivity contribution is 6.31. The van der Waals surface area contributed by atoms with E-state index in [0.29, 0.717) is 23.1 Å². The summed E-state index contributed by atoms with van der Waals surface area (Å²) in [4.78, 5) is 4.20. The molecule has 1 heterocycles. The summed E-state index contributed by atoms with van der Waals surface area (Å²) >= 11 is 5.87. The zero-order valence-corrected chi connectivity index (χ0v) is 9.43. The summed E-state index contributed by atoms with van der Waals surface area (Å²) in [6.45, 7) is 6.21. The maximum atomic E-state index is 5.87. The van der Waals surface area contributed by atoms with Crippen LogP contribution in [0.25, 0.3) is 0 Å². The molecule has 0 aliphatic rings. The number of halogens is 1. The van der Waals surface area contributed by atoms with Gasteiger partial charge in [-0.2, -0.15) is 0 Å². The van der Waals surface area contributed by atoms with E-state index in [1.807, 2.05) is 20.8 Å². The average molecular weight is 215 g/mol. The summed E-state index contributed by atoms with van der Waals surface area (Å²) in [5.74, 6) is 0.558. The molecule has 1 aromatic heterocycles. The monoisotopic (exact) mass is 214 g/mol. The zero-order chi connectivity index (χ0) is 10.8. The first-order valence-electron chi connectivity index (χ1n) is 4.47. The van der Waals surface area contributed by atoms with E-state index in [1.165, 1.54) is 0 Å². The van der Waals surface area contributed by atoms with Crippen LogP contribution in [0.2, 0.25) is 5.02 Å². The lowest BCUT2D eigenvalue weighted by Crippen LogP contribution is -2.23. The molecule has 0 aromatic carbocycles. The first kappa shape index (κ1) is 11.3. The predicted molar refractivity (Wildman–Crippen MR) is 57.5 cm³/mol. The molecular formula is C10H15ClN2O. The van der Waals surface area contributed by atoms with Crippen LogP contribution in [0.5, 0.6) is 5.88 Å². The maximum Gasteiger partial charge on any atom is 0.214 e. The minimum Gasteiger partial charge on any atom is -0.472 e. The number of nitrogens with two attached hydrogens (primary N) is 1. The van der Waals surface area contributed by atoms with Crippen LogP contribution in [0.1, 0.15) is 26.5 Å². The second-order valence-corrected chi connectivity index (χ2v) is 4.40. The van der Waals surface area contributed by atoms with Crippen molar-refractivity contribution in [3.63, 3.8) is 0 Å². The van der Waals surface area contributed by atoms with Crippen molar-refractivity contribution in [1.82, 2.24) is 4.98 Å². The van der Waals surface area contributed by atoms with E-state index in [9.17, 15) is 0 Å². The average Bonchev–Trinajstić information content (AvgIpc) is 2.06. The summed E-state index contributed by atoms with van der Waals surface area (Å²) in [6, 6.07) is 3.49. The lowest BCUT2D eigenvalue weighted by molar-refractivity contribution is 0.124. The van der Waals surface area contributed by atoms with E-state index < -0.39 is 0 Å². The van der Waals surface area contributed by atoms with Gasteiger partial charge in [-0.3, -0.25) is 0 Å². The molecule has 0 atom stereocenters. The van der Waals surface area contributed by atoms with Gasteiger partial charge in [-0.15, -0.1) is 0 Å². The van der Waals surface area contributed by atoms with Crippen LogP contribution < -0.4 is 10.5 Å². The lowest BCUT2D eigenvalue weighted by Gasteiger charge is -2.20. The third-order valence-electron chi connectivity index (χ3n) is 1.50. The van der Waals surface area contributed by atoms with Gasteiger partial charge in [-0.05, 0) is 26.8 Å². The van der Waals surface area contributed by atoms with Crippen molar-refractivity contribution in [1.29, 1.82) is 0 Å². The van der Waals surface area contributed by atoms with Crippen molar-refractivity contribution in [3.8, 4) is 5.88 Å². The molecule has 2 N–H and O–H groups in total. The molecular weight excluding hydrogens is 200 g/mol. The first-order valence-corrected chi connectivity index (χ1v) is 4.84. The standard InChI is InChI=1S/C10H15ClN2O/c1-10(2,3)14-9-5-4-7(11)8(6-12)13-9/h4-5H,6,12H2,1-3H3. The minimum atomic E-state index is -0.257. The van der Waals surface area contributed by atoms with Gasteiger partial charge in [0, 0.05) is 12.6 Å². The third-order valence-corrected chi connectivity index (χ3v) is 1.84. The van der Waals surface area contributed by atoms with Gasteiger partial charge in [0.1, 0.15) is 5.60 Å². The Balaban J connectivity index is 2.90. The van der Waals surface area contributed by atoms with Crippen LogP contribution in [-0.4, -0.2) is 10.6 Å². The van der Waals surface area contributed by atoms with Gasteiger partial charge in [0.05, 0.1) is 10.7 Å². The van der Waals surface area contributed by atoms with Gasteiger partial charge in [0.2, 0.25) is 5.88 Å². The lowest BCUT2D eigenvalue weighted by atomic mass is 10.2. The van der Waals surface area contributed by atoms with Gasteiger partial charge in [-0.1, -0.05) is 11.6 Å². The van der Waals surface area contributed by atoms with Crippen LogP contribution in [0.15, 0.2) is 12.1 Å². The second-order valence-electron chi connectivity index (χ2n) is 4.00. The van der Waals surface area contributed by atoms with Crippen molar-refractivity contribution in [2.45, 2.75) is 32.9 Å². The van der Waals surface area contributed by atoms with Gasteiger partial charge in [-0.25, -0.2) is 4.98 Å². The fourth-order valence-electron chi connectivity index (χ4n) is 0.978. The minimum absolute atomic E-state index is 0.257. The van der Waals surface area contributed by atoms with E-state index in [4.69, 9.17) is 22.1 Å². The Kier molecular flexibility index (Phi) is 3.34. The van der Waals surface area contributed by atoms with E-state index in [2.05, 4.69) is 4.98 Å². The molecule has 0 fully saturated rings. The normalized spacial score (nSPS) is 11.5. The molecule has 1 rings (SSSR count). The highest BCUT2D eigenvalue weighted by atomic mass is 35.5. The van der Waals surface area contributed by atoms with Crippen LogP contribution in [0, 0.1) is 0 Å². The Labute approximate surface area is 89.2 Å². The Morgan fingerprint density at radius 1 is 1.43 bits per heavy atom. The number of ether oxygens (including phenoxy) is 1. The Hall–Kier alpha value is -0.800. The number of aromatic nitrogens is 1. The maximum absolute atomic E-state index is 5.87. The molecule has 4 heteroatoms. The topological polar surface area (TPSA) is 48.1 Å². The molecule has 3 nitrogen and oxygen atoms in total. The molecule has 0 aliphatic heterocycles. The third kappa shape index (κ3) is 3.16. The van der Waals surface area contributed by atoms with Gasteiger partial charge in [0.15, 0.2) is 0 Å². The van der Waals surface area contributed by atoms with Crippen LogP contribution >= 0.6 is 11.6 Å². The highest BCUT2D eigenvalue weighted by Crippen LogP contribution is 2.20. The first-order chi connectivity index (χ1) is 6.42. The number of rotatable bonds is 2. The molecule has 0 bridgehead atoms. The summed E-state index contributed by atoms with van der Waals surface area (Å²) in [5.41, 5.74) is 5.88. The molecule has 0 saturated carbocycles. The van der Waals surface area contributed by atoms with Crippen LogP contribution in [-0.2, 0) is 6.54 Å².